The number of aromatic hydroxyl groups is 1. The van der Waals surface area contributed by atoms with Crippen molar-refractivity contribution in [1.82, 2.24) is 10.2 Å². The van der Waals surface area contributed by atoms with E-state index in [0.29, 0.717) is 5.56 Å². The van der Waals surface area contributed by atoms with Gasteiger partial charge in [-0.15, -0.1) is 0 Å². The molecule has 0 aliphatic carbocycles. The lowest BCUT2D eigenvalue weighted by Gasteiger charge is -2.01. The van der Waals surface area contributed by atoms with E-state index in [4.69, 9.17) is 16.7 Å². The Kier molecular flexibility index (Phi) is 3.14. The van der Waals surface area contributed by atoms with Crippen LogP contribution in [0.1, 0.15) is 0 Å². The van der Waals surface area contributed by atoms with Crippen LogP contribution in [0, 0.1) is 0 Å². The van der Waals surface area contributed by atoms with Crippen LogP contribution in [0.15, 0.2) is 24.3 Å². The number of nitrogens with one attached hydrogen (secondary N) is 1. The molecule has 0 radical (unpaired) electrons. The van der Waals surface area contributed by atoms with Gasteiger partial charge in [-0.25, -0.2) is 5.10 Å². The summed E-state index contributed by atoms with van der Waals surface area (Å²) in [5, 5.41) is 15.1. The van der Waals surface area contributed by atoms with Crippen molar-refractivity contribution in [2.24, 2.45) is 0 Å². The van der Waals surface area contributed by atoms with E-state index >= 15 is 0 Å². The molecule has 2 rings (SSSR count). The van der Waals surface area contributed by atoms with Crippen LogP contribution >= 0.6 is 11.6 Å². The molecule has 7 heteroatoms. The van der Waals surface area contributed by atoms with E-state index in [2.05, 4.69) is 14.9 Å². The molecule has 4 nitrogen and oxygen atoms in total. The van der Waals surface area contributed by atoms with E-state index in [-0.39, 0.29) is 22.3 Å². The Hall–Kier alpha value is -1.82. The second-order valence-electron chi connectivity index (χ2n) is 3.14. The third kappa shape index (κ3) is 2.47. The molecular weight excluding hydrogens is 254 g/mol. The van der Waals surface area contributed by atoms with Crippen LogP contribution < -0.4 is 4.74 Å². The quantitative estimate of drug-likeness (QED) is 0.892. The average molecular weight is 261 g/mol. The van der Waals surface area contributed by atoms with Crippen LogP contribution in [0.4, 0.5) is 8.78 Å². The first kappa shape index (κ1) is 11.7. The first-order valence-electron chi connectivity index (χ1n) is 4.56. The first-order valence-corrected chi connectivity index (χ1v) is 4.94. The highest BCUT2D eigenvalue weighted by Crippen LogP contribution is 2.34. The standard InChI is InChI=1S/C10H7ClF2N2O2/c11-7-8(5-1-3-6(16)4-2-5)14-15-9(7)17-10(12)13/h1-4,10,16H,(H,14,15). The van der Waals surface area contributed by atoms with Crippen LogP contribution in [-0.2, 0) is 0 Å². The number of rotatable bonds is 3. The van der Waals surface area contributed by atoms with Gasteiger partial charge in [0.05, 0.1) is 0 Å². The molecule has 0 amide bonds. The maximum atomic E-state index is 12.0. The minimum Gasteiger partial charge on any atom is -0.508 e. The normalized spacial score (nSPS) is 10.8. The van der Waals surface area contributed by atoms with Gasteiger partial charge in [0, 0.05) is 5.56 Å². The maximum Gasteiger partial charge on any atom is 0.388 e. The molecule has 90 valence electrons. The molecule has 0 aliphatic rings. The minimum atomic E-state index is -2.97. The highest BCUT2D eigenvalue weighted by molar-refractivity contribution is 6.34. The Labute approximate surface area is 99.8 Å². The van der Waals surface area contributed by atoms with Crippen molar-refractivity contribution in [3.05, 3.63) is 29.3 Å². The number of phenolic OH excluding ortho intramolecular Hbond substituents is 1. The molecule has 1 aromatic heterocycles. The third-order valence-electron chi connectivity index (χ3n) is 2.02. The second-order valence-corrected chi connectivity index (χ2v) is 3.52. The van der Waals surface area contributed by atoms with Gasteiger partial charge in [-0.05, 0) is 24.3 Å². The Morgan fingerprint density at radius 1 is 1.29 bits per heavy atom. The van der Waals surface area contributed by atoms with Gasteiger partial charge in [0.25, 0.3) is 0 Å². The maximum absolute atomic E-state index is 12.0. The van der Waals surface area contributed by atoms with Gasteiger partial charge in [0.1, 0.15) is 16.5 Å². The fraction of sp³-hybridized carbons (Fsp3) is 0.100. The SMILES string of the molecule is Oc1ccc(-c2n[nH]c(OC(F)F)c2Cl)cc1. The minimum absolute atomic E-state index is 0.0315. The predicted molar refractivity (Wildman–Crippen MR) is 57.3 cm³/mol. The molecule has 2 N–H and O–H groups in total. The summed E-state index contributed by atoms with van der Waals surface area (Å²) in [6.07, 6.45) is 0. The number of aromatic amines is 1. The zero-order valence-corrected chi connectivity index (χ0v) is 9.08. The van der Waals surface area contributed by atoms with Crippen LogP contribution in [-0.4, -0.2) is 21.9 Å². The van der Waals surface area contributed by atoms with Crippen molar-refractivity contribution in [2.45, 2.75) is 6.61 Å². The van der Waals surface area contributed by atoms with Gasteiger partial charge >= 0.3 is 6.61 Å². The smallest absolute Gasteiger partial charge is 0.388 e. The molecule has 17 heavy (non-hydrogen) atoms. The monoisotopic (exact) mass is 260 g/mol. The van der Waals surface area contributed by atoms with Crippen molar-refractivity contribution in [3.63, 3.8) is 0 Å². The van der Waals surface area contributed by atoms with E-state index in [1.165, 1.54) is 12.1 Å². The summed E-state index contributed by atoms with van der Waals surface area (Å²) in [5.74, 6) is -0.200. The number of halogens is 3. The van der Waals surface area contributed by atoms with Gasteiger partial charge in [0.2, 0.25) is 5.88 Å². The third-order valence-corrected chi connectivity index (χ3v) is 2.37. The molecule has 2 aromatic rings. The number of hydrogen-bond acceptors (Lipinski definition) is 3. The van der Waals surface area contributed by atoms with E-state index in [1.54, 1.807) is 12.1 Å². The van der Waals surface area contributed by atoms with Crippen LogP contribution in [0.5, 0.6) is 11.6 Å². The summed E-state index contributed by atoms with van der Waals surface area (Å²) in [7, 11) is 0. The Bertz CT molecular complexity index is 514. The van der Waals surface area contributed by atoms with Gasteiger partial charge in [0.15, 0.2) is 0 Å². The highest BCUT2D eigenvalue weighted by Gasteiger charge is 2.17. The molecule has 0 saturated carbocycles. The van der Waals surface area contributed by atoms with Gasteiger partial charge in [-0.2, -0.15) is 13.9 Å². The largest absolute Gasteiger partial charge is 0.508 e. The first-order chi connectivity index (χ1) is 8.08. The number of nitrogens with zero attached hydrogens (tertiary/aromatic N) is 1. The number of hydrogen-bond donors (Lipinski definition) is 2. The van der Waals surface area contributed by atoms with Crippen LogP contribution in [0.25, 0.3) is 11.3 Å². The van der Waals surface area contributed by atoms with Crippen molar-refractivity contribution in [2.75, 3.05) is 0 Å². The molecule has 0 bridgehead atoms. The zero-order valence-electron chi connectivity index (χ0n) is 8.32. The van der Waals surface area contributed by atoms with Crippen LogP contribution in [0.3, 0.4) is 0 Å². The Morgan fingerprint density at radius 2 is 1.94 bits per heavy atom. The number of alkyl halides is 2. The van der Waals surface area contributed by atoms with Crippen molar-refractivity contribution in [1.29, 1.82) is 0 Å². The highest BCUT2D eigenvalue weighted by atomic mass is 35.5. The fourth-order valence-corrected chi connectivity index (χ4v) is 1.53. The molecular formula is C10H7ClF2N2O2. The van der Waals surface area contributed by atoms with E-state index in [1.807, 2.05) is 0 Å². The van der Waals surface area contributed by atoms with Gasteiger partial charge in [-0.1, -0.05) is 11.6 Å². The topological polar surface area (TPSA) is 58.1 Å². The number of benzene rings is 1. The number of phenols is 1. The molecule has 0 atom stereocenters. The molecule has 1 heterocycles. The fourth-order valence-electron chi connectivity index (χ4n) is 1.29. The lowest BCUT2D eigenvalue weighted by atomic mass is 10.1. The number of ether oxygens (including phenoxy) is 1. The Balaban J connectivity index is 2.33. The summed E-state index contributed by atoms with van der Waals surface area (Å²) in [6.45, 7) is -2.97. The van der Waals surface area contributed by atoms with Gasteiger partial charge in [-0.3, -0.25) is 0 Å². The zero-order chi connectivity index (χ0) is 12.4. The molecule has 0 aliphatic heterocycles. The summed E-state index contributed by atoms with van der Waals surface area (Å²) < 4.78 is 28.1. The van der Waals surface area contributed by atoms with Gasteiger partial charge < -0.3 is 9.84 Å². The summed E-state index contributed by atoms with van der Waals surface area (Å²) >= 11 is 5.83. The molecule has 1 aromatic carbocycles. The predicted octanol–water partition coefficient (Wildman–Crippen LogP) is 3.04. The van der Waals surface area contributed by atoms with E-state index in [9.17, 15) is 8.78 Å². The second kappa shape index (κ2) is 4.58. The molecule has 0 spiro atoms. The van der Waals surface area contributed by atoms with E-state index in [0.717, 1.165) is 0 Å². The van der Waals surface area contributed by atoms with Crippen molar-refractivity contribution in [3.8, 4) is 22.9 Å². The lowest BCUT2D eigenvalue weighted by molar-refractivity contribution is -0.0528. The van der Waals surface area contributed by atoms with Crippen LogP contribution in [0.2, 0.25) is 5.02 Å². The van der Waals surface area contributed by atoms with Crippen molar-refractivity contribution < 1.29 is 18.6 Å². The summed E-state index contributed by atoms with van der Waals surface area (Å²) in [4.78, 5) is 0. The van der Waals surface area contributed by atoms with Crippen molar-refractivity contribution >= 4 is 11.6 Å². The molecule has 0 saturated heterocycles. The lowest BCUT2D eigenvalue weighted by Crippen LogP contribution is -2.02. The molecule has 0 fully saturated rings. The Morgan fingerprint density at radius 3 is 2.53 bits per heavy atom. The average Bonchev–Trinajstić information content (AvgIpc) is 2.61. The van der Waals surface area contributed by atoms with E-state index < -0.39 is 6.61 Å². The summed E-state index contributed by atoms with van der Waals surface area (Å²) in [5.41, 5.74) is 0.857. The summed E-state index contributed by atoms with van der Waals surface area (Å²) in [6, 6.07) is 6.00. The molecule has 0 unspecified atom stereocenters. The number of H-pyrrole nitrogens is 1. The number of aromatic nitrogens is 2.